The molecule has 0 atom stereocenters. The number of aryl methyl sites for hydroxylation is 1. The summed E-state index contributed by atoms with van der Waals surface area (Å²) in [6.45, 7) is 2.38. The Morgan fingerprint density at radius 3 is 2.16 bits per heavy atom. The number of anilines is 1. The molecule has 1 aliphatic rings. The minimum atomic E-state index is -0.169. The topological polar surface area (TPSA) is 41.9 Å². The van der Waals surface area contributed by atoms with Gasteiger partial charge >= 0.3 is 0 Å². The average Bonchev–Trinajstić information content (AvgIpc) is 3.19. The van der Waals surface area contributed by atoms with Crippen LogP contribution < -0.4 is 9.64 Å². The minimum absolute atomic E-state index is 0.169. The van der Waals surface area contributed by atoms with Crippen LogP contribution >= 0.6 is 35.0 Å². The first-order chi connectivity index (χ1) is 18.0. The lowest BCUT2D eigenvalue weighted by Gasteiger charge is -2.15. The number of ether oxygens (including phenoxy) is 1. The molecule has 1 fully saturated rings. The SMILES string of the molecule is Cc1ccc(COc2c(Cl)cc(/C=C3/SC(=Nc4ccccc4)N(c4ccccc4)C3=O)cc2Cl)cc1. The highest BCUT2D eigenvalue weighted by Crippen LogP contribution is 2.40. The highest BCUT2D eigenvalue weighted by molar-refractivity contribution is 8.19. The van der Waals surface area contributed by atoms with Crippen molar-refractivity contribution in [1.29, 1.82) is 0 Å². The molecule has 5 rings (SSSR count). The van der Waals surface area contributed by atoms with Crippen LogP contribution in [0.15, 0.2) is 107 Å². The lowest BCUT2D eigenvalue weighted by atomic mass is 10.1. The van der Waals surface area contributed by atoms with E-state index >= 15 is 0 Å². The normalized spacial score (nSPS) is 15.5. The third-order valence-electron chi connectivity index (χ3n) is 5.62. The van der Waals surface area contributed by atoms with E-state index in [1.54, 1.807) is 23.1 Å². The molecule has 1 aliphatic heterocycles. The van der Waals surface area contributed by atoms with Gasteiger partial charge in [-0.15, -0.1) is 0 Å². The lowest BCUT2D eigenvalue weighted by molar-refractivity contribution is -0.113. The van der Waals surface area contributed by atoms with E-state index in [9.17, 15) is 4.79 Å². The Labute approximate surface area is 230 Å². The Morgan fingerprint density at radius 1 is 0.892 bits per heavy atom. The number of carbonyl (C=O) groups excluding carboxylic acids is 1. The molecule has 0 saturated carbocycles. The molecule has 4 aromatic carbocycles. The van der Waals surface area contributed by atoms with Gasteiger partial charge in [0.05, 0.1) is 26.3 Å². The van der Waals surface area contributed by atoms with Crippen LogP contribution in [0.4, 0.5) is 11.4 Å². The average molecular weight is 545 g/mol. The Kier molecular flexibility index (Phi) is 7.65. The Hall–Kier alpha value is -3.51. The van der Waals surface area contributed by atoms with Gasteiger partial charge in [0.15, 0.2) is 10.9 Å². The van der Waals surface area contributed by atoms with Gasteiger partial charge in [-0.3, -0.25) is 9.69 Å². The van der Waals surface area contributed by atoms with E-state index in [-0.39, 0.29) is 5.91 Å². The largest absolute Gasteiger partial charge is 0.486 e. The molecule has 0 bridgehead atoms. The standard InChI is InChI=1S/C30H22Cl2N2O2S/c1-20-12-14-21(15-13-20)19-36-28-25(31)16-22(17-26(28)32)18-27-29(35)34(24-10-6-3-7-11-24)30(37-27)33-23-8-4-2-5-9-23/h2-18H,19H2,1H3/b27-18+,33-30?. The molecule has 0 radical (unpaired) electrons. The van der Waals surface area contributed by atoms with Crippen molar-refractivity contribution in [3.8, 4) is 5.75 Å². The molecule has 0 N–H and O–H groups in total. The van der Waals surface area contributed by atoms with Crippen LogP contribution in [0.2, 0.25) is 10.0 Å². The lowest BCUT2D eigenvalue weighted by Crippen LogP contribution is -2.28. The van der Waals surface area contributed by atoms with Crippen LogP contribution in [0.5, 0.6) is 5.75 Å². The van der Waals surface area contributed by atoms with Crippen molar-refractivity contribution in [3.05, 3.63) is 129 Å². The summed E-state index contributed by atoms with van der Waals surface area (Å²) in [4.78, 5) is 20.4. The zero-order chi connectivity index (χ0) is 25.8. The molecule has 1 amide bonds. The predicted molar refractivity (Wildman–Crippen MR) is 155 cm³/mol. The first-order valence-electron chi connectivity index (χ1n) is 11.6. The minimum Gasteiger partial charge on any atom is -0.486 e. The highest BCUT2D eigenvalue weighted by atomic mass is 35.5. The summed E-state index contributed by atoms with van der Waals surface area (Å²) < 4.78 is 5.91. The van der Waals surface area contributed by atoms with Crippen molar-refractivity contribution in [3.63, 3.8) is 0 Å². The fourth-order valence-electron chi connectivity index (χ4n) is 3.76. The van der Waals surface area contributed by atoms with Gasteiger partial charge in [0.1, 0.15) is 6.61 Å². The molecule has 4 nitrogen and oxygen atoms in total. The third kappa shape index (κ3) is 5.91. The number of carbonyl (C=O) groups is 1. The fourth-order valence-corrected chi connectivity index (χ4v) is 5.37. The van der Waals surface area contributed by atoms with Crippen molar-refractivity contribution in [1.82, 2.24) is 0 Å². The highest BCUT2D eigenvalue weighted by Gasteiger charge is 2.34. The number of nitrogens with zero attached hydrogens (tertiary/aromatic N) is 2. The molecular formula is C30H22Cl2N2O2S. The molecular weight excluding hydrogens is 523 g/mol. The smallest absolute Gasteiger partial charge is 0.271 e. The van der Waals surface area contributed by atoms with Crippen molar-refractivity contribution >= 4 is 63.5 Å². The van der Waals surface area contributed by atoms with E-state index in [1.165, 1.54) is 17.3 Å². The Balaban J connectivity index is 1.43. The zero-order valence-corrected chi connectivity index (χ0v) is 22.2. The van der Waals surface area contributed by atoms with Gasteiger partial charge in [-0.1, -0.05) is 89.4 Å². The van der Waals surface area contributed by atoms with Crippen LogP contribution in [0, 0.1) is 6.92 Å². The van der Waals surface area contributed by atoms with Crippen LogP contribution in [0.1, 0.15) is 16.7 Å². The molecule has 4 aromatic rings. The number of halogens is 2. The van der Waals surface area contributed by atoms with E-state index in [0.29, 0.717) is 38.0 Å². The van der Waals surface area contributed by atoms with Gasteiger partial charge in [-0.25, -0.2) is 4.99 Å². The maximum absolute atomic E-state index is 13.5. The molecule has 1 saturated heterocycles. The van der Waals surface area contributed by atoms with Crippen molar-refractivity contribution in [2.24, 2.45) is 4.99 Å². The zero-order valence-electron chi connectivity index (χ0n) is 19.9. The van der Waals surface area contributed by atoms with Crippen molar-refractivity contribution in [2.45, 2.75) is 13.5 Å². The van der Waals surface area contributed by atoms with Crippen molar-refractivity contribution < 1.29 is 9.53 Å². The molecule has 0 aliphatic carbocycles. The quantitative estimate of drug-likeness (QED) is 0.228. The first kappa shape index (κ1) is 25.2. The van der Waals surface area contributed by atoms with Crippen LogP contribution in [-0.2, 0) is 11.4 Å². The number of thioether (sulfide) groups is 1. The number of benzene rings is 4. The molecule has 0 aromatic heterocycles. The van der Waals surface area contributed by atoms with Gasteiger partial charge < -0.3 is 4.74 Å². The maximum Gasteiger partial charge on any atom is 0.271 e. The summed E-state index contributed by atoms with van der Waals surface area (Å²) >= 11 is 14.4. The molecule has 0 unspecified atom stereocenters. The number of para-hydroxylation sites is 2. The fraction of sp³-hybridized carbons (Fsp3) is 0.0667. The van der Waals surface area contributed by atoms with E-state index in [1.807, 2.05) is 91.9 Å². The first-order valence-corrected chi connectivity index (χ1v) is 13.2. The second-order valence-electron chi connectivity index (χ2n) is 8.40. The summed E-state index contributed by atoms with van der Waals surface area (Å²) in [6.07, 6.45) is 1.78. The summed E-state index contributed by atoms with van der Waals surface area (Å²) in [5.41, 5.74) is 4.40. The summed E-state index contributed by atoms with van der Waals surface area (Å²) in [6, 6.07) is 30.6. The molecule has 0 spiro atoms. The Morgan fingerprint density at radius 2 is 1.51 bits per heavy atom. The number of rotatable bonds is 6. The second kappa shape index (κ2) is 11.3. The van der Waals surface area contributed by atoms with E-state index < -0.39 is 0 Å². The van der Waals surface area contributed by atoms with Gasteiger partial charge in [0.25, 0.3) is 5.91 Å². The van der Waals surface area contributed by atoms with Gasteiger partial charge in [0, 0.05) is 0 Å². The molecule has 184 valence electrons. The molecule has 7 heteroatoms. The van der Waals surface area contributed by atoms with Crippen LogP contribution in [-0.4, -0.2) is 11.1 Å². The Bertz CT molecular complexity index is 1460. The number of amidine groups is 1. The number of hydrogen-bond donors (Lipinski definition) is 0. The van der Waals surface area contributed by atoms with E-state index in [2.05, 4.69) is 0 Å². The number of aliphatic imine (C=N–C) groups is 1. The van der Waals surface area contributed by atoms with Gasteiger partial charge in [-0.2, -0.15) is 0 Å². The van der Waals surface area contributed by atoms with Crippen LogP contribution in [0.25, 0.3) is 6.08 Å². The maximum atomic E-state index is 13.5. The van der Waals surface area contributed by atoms with Gasteiger partial charge in [-0.05, 0) is 72.3 Å². The third-order valence-corrected chi connectivity index (χ3v) is 7.15. The van der Waals surface area contributed by atoms with E-state index in [0.717, 1.165) is 16.9 Å². The second-order valence-corrected chi connectivity index (χ2v) is 10.2. The number of hydrogen-bond acceptors (Lipinski definition) is 4. The van der Waals surface area contributed by atoms with Gasteiger partial charge in [0.2, 0.25) is 0 Å². The van der Waals surface area contributed by atoms with Crippen molar-refractivity contribution in [2.75, 3.05) is 4.90 Å². The van der Waals surface area contributed by atoms with E-state index in [4.69, 9.17) is 32.9 Å². The summed E-state index contributed by atoms with van der Waals surface area (Å²) in [5, 5.41) is 1.32. The number of amides is 1. The predicted octanol–water partition coefficient (Wildman–Crippen LogP) is 8.69. The summed E-state index contributed by atoms with van der Waals surface area (Å²) in [7, 11) is 0. The molecule has 1 heterocycles. The van der Waals surface area contributed by atoms with Crippen LogP contribution in [0.3, 0.4) is 0 Å². The summed E-state index contributed by atoms with van der Waals surface area (Å²) in [5.74, 6) is 0.242. The monoisotopic (exact) mass is 544 g/mol. The molecule has 37 heavy (non-hydrogen) atoms.